The van der Waals surface area contributed by atoms with Gasteiger partial charge in [0, 0.05) is 26.2 Å². The van der Waals surface area contributed by atoms with Crippen LogP contribution in [0.4, 0.5) is 5.82 Å². The minimum absolute atomic E-state index is 0.00259. The Morgan fingerprint density at radius 3 is 2.57 bits per heavy atom. The van der Waals surface area contributed by atoms with E-state index >= 15 is 0 Å². The lowest BCUT2D eigenvalue weighted by Gasteiger charge is -2.23. The average Bonchev–Trinajstić information content (AvgIpc) is 3.04. The molecule has 7 heteroatoms. The number of anilines is 1. The van der Waals surface area contributed by atoms with Gasteiger partial charge in [0.05, 0.1) is 5.92 Å². The Kier molecular flexibility index (Phi) is 3.27. The van der Waals surface area contributed by atoms with Crippen molar-refractivity contribution in [3.05, 3.63) is 17.8 Å². The first-order valence-electron chi connectivity index (χ1n) is 7.05. The molecule has 7 nitrogen and oxygen atoms in total. The Morgan fingerprint density at radius 2 is 2.05 bits per heavy atom. The first kappa shape index (κ1) is 13.8. The zero-order valence-electron chi connectivity index (χ0n) is 12.1. The second-order valence-corrected chi connectivity index (χ2v) is 5.86. The molecule has 3 atom stereocenters. The van der Waals surface area contributed by atoms with E-state index in [9.17, 15) is 14.7 Å². The Hall–Kier alpha value is -2.18. The molecular weight excluding hydrogens is 272 g/mol. The lowest BCUT2D eigenvalue weighted by molar-refractivity contribution is -0.142. The highest BCUT2D eigenvalue weighted by Crippen LogP contribution is 2.43. The SMILES string of the molecule is CN(C)C(=O)c1ccc(N2C3CCC2C(C(=O)O)C3)nn1. The summed E-state index contributed by atoms with van der Waals surface area (Å²) < 4.78 is 0. The lowest BCUT2D eigenvalue weighted by atomic mass is 9.89. The van der Waals surface area contributed by atoms with E-state index in [0.29, 0.717) is 17.9 Å². The van der Waals surface area contributed by atoms with Gasteiger partial charge in [-0.05, 0) is 31.4 Å². The summed E-state index contributed by atoms with van der Waals surface area (Å²) in [6.07, 6.45) is 2.54. The van der Waals surface area contributed by atoms with Crippen LogP contribution in [-0.2, 0) is 4.79 Å². The van der Waals surface area contributed by atoms with Gasteiger partial charge in [-0.25, -0.2) is 0 Å². The van der Waals surface area contributed by atoms with Crippen LogP contribution in [0.5, 0.6) is 0 Å². The number of hydrogen-bond acceptors (Lipinski definition) is 5. The van der Waals surface area contributed by atoms with Gasteiger partial charge in [-0.15, -0.1) is 10.2 Å². The zero-order valence-corrected chi connectivity index (χ0v) is 12.1. The number of nitrogens with zero attached hydrogens (tertiary/aromatic N) is 4. The van der Waals surface area contributed by atoms with Crippen LogP contribution in [0.25, 0.3) is 0 Å². The van der Waals surface area contributed by atoms with Gasteiger partial charge in [-0.1, -0.05) is 0 Å². The second kappa shape index (κ2) is 4.98. The summed E-state index contributed by atoms with van der Waals surface area (Å²) in [5.41, 5.74) is 0.296. The van der Waals surface area contributed by atoms with E-state index in [1.165, 1.54) is 4.90 Å². The Morgan fingerprint density at radius 1 is 1.29 bits per heavy atom. The fraction of sp³-hybridized carbons (Fsp3) is 0.571. The Balaban J connectivity index is 1.82. The highest BCUT2D eigenvalue weighted by atomic mass is 16.4. The molecule has 3 unspecified atom stereocenters. The number of carbonyl (C=O) groups is 2. The zero-order chi connectivity index (χ0) is 15.1. The summed E-state index contributed by atoms with van der Waals surface area (Å²) in [6.45, 7) is 0. The summed E-state index contributed by atoms with van der Waals surface area (Å²) in [5.74, 6) is -0.586. The third kappa shape index (κ3) is 2.22. The van der Waals surface area contributed by atoms with E-state index in [2.05, 4.69) is 15.1 Å². The van der Waals surface area contributed by atoms with Gasteiger partial charge >= 0.3 is 5.97 Å². The number of carboxylic acid groups (broad SMARTS) is 1. The van der Waals surface area contributed by atoms with Gasteiger partial charge in [0.1, 0.15) is 0 Å². The smallest absolute Gasteiger partial charge is 0.308 e. The molecule has 21 heavy (non-hydrogen) atoms. The van der Waals surface area contributed by atoms with Gasteiger partial charge < -0.3 is 14.9 Å². The van der Waals surface area contributed by atoms with Gasteiger partial charge in [0.2, 0.25) is 0 Å². The summed E-state index contributed by atoms with van der Waals surface area (Å²) >= 11 is 0. The number of carboxylic acids is 1. The first-order valence-corrected chi connectivity index (χ1v) is 7.05. The maximum Gasteiger partial charge on any atom is 0.308 e. The van der Waals surface area contributed by atoms with Crippen molar-refractivity contribution in [2.45, 2.75) is 31.3 Å². The molecule has 2 bridgehead atoms. The molecule has 1 amide bonds. The molecule has 2 saturated heterocycles. The largest absolute Gasteiger partial charge is 0.481 e. The molecular formula is C14H18N4O3. The number of amides is 1. The van der Waals surface area contributed by atoms with Gasteiger partial charge in [0.25, 0.3) is 5.91 Å². The van der Waals surface area contributed by atoms with Gasteiger partial charge in [-0.2, -0.15) is 0 Å². The summed E-state index contributed by atoms with van der Waals surface area (Å²) in [6, 6.07) is 3.63. The predicted octanol–water partition coefficient (Wildman–Crippen LogP) is 0.620. The summed E-state index contributed by atoms with van der Waals surface area (Å²) in [7, 11) is 3.33. The number of aromatic nitrogens is 2. The first-order chi connectivity index (χ1) is 9.99. The second-order valence-electron chi connectivity index (χ2n) is 5.86. The van der Waals surface area contributed by atoms with Crippen LogP contribution in [0.1, 0.15) is 29.8 Å². The molecule has 0 spiro atoms. The molecule has 112 valence electrons. The number of carbonyl (C=O) groups excluding carboxylic acids is 1. The van der Waals surface area contributed by atoms with E-state index in [1.54, 1.807) is 26.2 Å². The minimum Gasteiger partial charge on any atom is -0.481 e. The minimum atomic E-state index is -0.737. The summed E-state index contributed by atoms with van der Waals surface area (Å²) in [5, 5.41) is 17.4. The van der Waals surface area contributed by atoms with E-state index < -0.39 is 5.97 Å². The Bertz CT molecular complexity index is 572. The summed E-state index contributed by atoms with van der Waals surface area (Å²) in [4.78, 5) is 26.6. The Labute approximate surface area is 122 Å². The monoisotopic (exact) mass is 290 g/mol. The molecule has 1 N–H and O–H groups in total. The molecule has 2 fully saturated rings. The van der Waals surface area contributed by atoms with Crippen molar-refractivity contribution in [3.8, 4) is 0 Å². The maximum absolute atomic E-state index is 11.8. The topological polar surface area (TPSA) is 86.6 Å². The van der Waals surface area contributed by atoms with Crippen molar-refractivity contribution < 1.29 is 14.7 Å². The van der Waals surface area contributed by atoms with E-state index in [-0.39, 0.29) is 23.9 Å². The molecule has 2 aliphatic rings. The number of hydrogen-bond donors (Lipinski definition) is 1. The van der Waals surface area contributed by atoms with E-state index in [0.717, 1.165) is 12.8 Å². The predicted molar refractivity (Wildman–Crippen MR) is 75.1 cm³/mol. The van der Waals surface area contributed by atoms with E-state index in [1.807, 2.05) is 0 Å². The molecule has 1 aromatic rings. The van der Waals surface area contributed by atoms with Crippen LogP contribution in [0, 0.1) is 5.92 Å². The normalized spacial score (nSPS) is 27.0. The molecule has 0 saturated carbocycles. The van der Waals surface area contributed by atoms with Crippen LogP contribution in [-0.4, -0.2) is 58.3 Å². The fourth-order valence-electron chi connectivity index (χ4n) is 3.42. The molecule has 2 aliphatic heterocycles. The van der Waals surface area contributed by atoms with Crippen molar-refractivity contribution in [2.24, 2.45) is 5.92 Å². The number of rotatable bonds is 3. The maximum atomic E-state index is 11.8. The van der Waals surface area contributed by atoms with Crippen LogP contribution in [0.3, 0.4) is 0 Å². The standard InChI is InChI=1S/C14H18N4O3/c1-17(2)13(19)10-4-6-12(16-15-10)18-8-3-5-11(18)9(7-8)14(20)21/h4,6,8-9,11H,3,5,7H2,1-2H3,(H,20,21). The van der Waals surface area contributed by atoms with Crippen LogP contribution < -0.4 is 4.90 Å². The van der Waals surface area contributed by atoms with Crippen LogP contribution >= 0.6 is 0 Å². The highest BCUT2D eigenvalue weighted by molar-refractivity contribution is 5.91. The number of aliphatic carboxylic acids is 1. The quantitative estimate of drug-likeness (QED) is 0.878. The van der Waals surface area contributed by atoms with Gasteiger partial charge in [-0.3, -0.25) is 9.59 Å². The van der Waals surface area contributed by atoms with Crippen LogP contribution in [0.2, 0.25) is 0 Å². The average molecular weight is 290 g/mol. The van der Waals surface area contributed by atoms with Crippen molar-refractivity contribution in [3.63, 3.8) is 0 Å². The van der Waals surface area contributed by atoms with Gasteiger partial charge in [0.15, 0.2) is 11.5 Å². The third-order valence-electron chi connectivity index (χ3n) is 4.39. The molecule has 1 aromatic heterocycles. The molecule has 0 radical (unpaired) electrons. The van der Waals surface area contributed by atoms with Crippen LogP contribution in [0.15, 0.2) is 12.1 Å². The van der Waals surface area contributed by atoms with Crippen molar-refractivity contribution >= 4 is 17.7 Å². The highest BCUT2D eigenvalue weighted by Gasteiger charge is 2.49. The molecule has 3 rings (SSSR count). The van der Waals surface area contributed by atoms with E-state index in [4.69, 9.17) is 0 Å². The fourth-order valence-corrected chi connectivity index (χ4v) is 3.42. The lowest BCUT2D eigenvalue weighted by Crippen LogP contribution is -2.33. The van der Waals surface area contributed by atoms with Crippen molar-refractivity contribution in [1.29, 1.82) is 0 Å². The molecule has 0 aromatic carbocycles. The molecule has 0 aliphatic carbocycles. The van der Waals surface area contributed by atoms with Crippen molar-refractivity contribution in [1.82, 2.24) is 15.1 Å². The van der Waals surface area contributed by atoms with Crippen molar-refractivity contribution in [2.75, 3.05) is 19.0 Å². The third-order valence-corrected chi connectivity index (χ3v) is 4.39. The molecule has 3 heterocycles. The number of fused-ring (bicyclic) bond motifs is 2.